The summed E-state index contributed by atoms with van der Waals surface area (Å²) in [5.41, 5.74) is 0. The minimum Gasteiger partial charge on any atom is -0.396 e. The molecule has 0 heterocycles. The molecule has 0 aliphatic rings. The van der Waals surface area contributed by atoms with Crippen LogP contribution >= 0.6 is 0 Å². The minimum atomic E-state index is 0.357. The zero-order valence-corrected chi connectivity index (χ0v) is 10.1. The Balaban J connectivity index is 2.98. The highest BCUT2D eigenvalue weighted by molar-refractivity contribution is 5.00. The van der Waals surface area contributed by atoms with Crippen LogP contribution in [0, 0.1) is 0 Å². The lowest BCUT2D eigenvalue weighted by molar-refractivity contribution is 0.282. The van der Waals surface area contributed by atoms with Gasteiger partial charge in [0.2, 0.25) is 0 Å². The van der Waals surface area contributed by atoms with Crippen LogP contribution in [-0.2, 0) is 0 Å². The maximum atomic E-state index is 8.60. The molecule has 0 radical (unpaired) electrons. The van der Waals surface area contributed by atoms with Crippen molar-refractivity contribution in [1.29, 1.82) is 0 Å². The van der Waals surface area contributed by atoms with Gasteiger partial charge in [-0.15, -0.1) is 0 Å². The number of allylic oxidation sites excluding steroid dienone is 4. The summed E-state index contributed by atoms with van der Waals surface area (Å²) in [5.74, 6) is 0. The molecule has 15 heavy (non-hydrogen) atoms. The third kappa shape index (κ3) is 13.4. The Morgan fingerprint density at radius 2 is 1.40 bits per heavy atom. The van der Waals surface area contributed by atoms with Crippen molar-refractivity contribution in [2.45, 2.75) is 58.3 Å². The van der Waals surface area contributed by atoms with Crippen LogP contribution in [0.5, 0.6) is 0 Å². The van der Waals surface area contributed by atoms with Crippen LogP contribution < -0.4 is 0 Å². The van der Waals surface area contributed by atoms with E-state index in [0.717, 1.165) is 6.42 Å². The molecule has 0 saturated heterocycles. The molecule has 0 saturated carbocycles. The highest BCUT2D eigenvalue weighted by atomic mass is 16.2. The summed E-state index contributed by atoms with van der Waals surface area (Å²) in [5, 5.41) is 8.60. The molecule has 0 aliphatic heterocycles. The molecule has 0 unspecified atom stereocenters. The summed E-state index contributed by atoms with van der Waals surface area (Å²) >= 11 is 0. The van der Waals surface area contributed by atoms with Gasteiger partial charge >= 0.3 is 0 Å². The van der Waals surface area contributed by atoms with Crippen LogP contribution in [0.3, 0.4) is 0 Å². The van der Waals surface area contributed by atoms with Crippen molar-refractivity contribution in [3.8, 4) is 0 Å². The Hall–Kier alpha value is -0.560. The van der Waals surface area contributed by atoms with E-state index in [1.165, 1.54) is 44.9 Å². The van der Waals surface area contributed by atoms with Crippen molar-refractivity contribution in [1.82, 2.24) is 0 Å². The van der Waals surface area contributed by atoms with Crippen LogP contribution in [0.25, 0.3) is 0 Å². The average molecular weight is 210 g/mol. The minimum absolute atomic E-state index is 0.357. The fraction of sp³-hybridized carbons (Fsp3) is 0.714. The third-order valence-electron chi connectivity index (χ3n) is 2.47. The Kier molecular flexibility index (Phi) is 12.9. The van der Waals surface area contributed by atoms with E-state index in [4.69, 9.17) is 5.11 Å². The molecular formula is C14H26O. The van der Waals surface area contributed by atoms with Gasteiger partial charge in [-0.3, -0.25) is 0 Å². The summed E-state index contributed by atoms with van der Waals surface area (Å²) in [6.45, 7) is 2.40. The van der Waals surface area contributed by atoms with Gasteiger partial charge in [-0.1, -0.05) is 56.4 Å². The lowest BCUT2D eigenvalue weighted by Gasteiger charge is -1.99. The van der Waals surface area contributed by atoms with Crippen LogP contribution in [-0.4, -0.2) is 11.7 Å². The predicted molar refractivity (Wildman–Crippen MR) is 68.0 cm³/mol. The van der Waals surface area contributed by atoms with Crippen molar-refractivity contribution in [2.75, 3.05) is 6.61 Å². The zero-order chi connectivity index (χ0) is 11.2. The van der Waals surface area contributed by atoms with Crippen molar-refractivity contribution in [2.24, 2.45) is 0 Å². The maximum Gasteiger partial charge on any atom is 0.0431 e. The normalized spacial score (nSPS) is 11.9. The van der Waals surface area contributed by atoms with Crippen molar-refractivity contribution >= 4 is 0 Å². The second kappa shape index (κ2) is 13.4. The number of hydrogen-bond acceptors (Lipinski definition) is 1. The molecule has 0 aromatic heterocycles. The van der Waals surface area contributed by atoms with Crippen LogP contribution in [0.2, 0.25) is 0 Å². The van der Waals surface area contributed by atoms with Gasteiger partial charge in [-0.05, 0) is 26.2 Å². The van der Waals surface area contributed by atoms with Gasteiger partial charge in [-0.25, -0.2) is 0 Å². The summed E-state index contributed by atoms with van der Waals surface area (Å²) in [7, 11) is 0. The topological polar surface area (TPSA) is 20.2 Å². The number of aliphatic hydroxyl groups excluding tert-OH is 1. The molecule has 1 N–H and O–H groups in total. The Labute approximate surface area is 94.9 Å². The molecule has 0 fully saturated rings. The number of unbranched alkanes of at least 4 members (excludes halogenated alkanes) is 7. The summed E-state index contributed by atoms with van der Waals surface area (Å²) in [4.78, 5) is 0. The standard InChI is InChI=1S/C14H26O/c1-2-3-4-5-6-7-8-9-10-11-12-13-14-15/h2-5,15H,6-14H2,1H3/b3-2-,5-4-. The molecule has 0 bridgehead atoms. The van der Waals surface area contributed by atoms with Crippen molar-refractivity contribution < 1.29 is 5.11 Å². The Morgan fingerprint density at radius 1 is 0.800 bits per heavy atom. The van der Waals surface area contributed by atoms with E-state index in [-0.39, 0.29) is 0 Å². The predicted octanol–water partition coefficient (Wildman–Crippen LogP) is 4.23. The lowest BCUT2D eigenvalue weighted by atomic mass is 10.1. The van der Waals surface area contributed by atoms with Gasteiger partial charge in [-0.2, -0.15) is 0 Å². The molecule has 0 rings (SSSR count). The average Bonchev–Trinajstić information content (AvgIpc) is 2.26. The molecule has 0 aromatic carbocycles. The first-order chi connectivity index (χ1) is 7.41. The fourth-order valence-corrected chi connectivity index (χ4v) is 1.54. The Morgan fingerprint density at radius 3 is 2.00 bits per heavy atom. The first-order valence-electron chi connectivity index (χ1n) is 6.30. The zero-order valence-electron chi connectivity index (χ0n) is 10.1. The summed E-state index contributed by atoms with van der Waals surface area (Å²) in [6.07, 6.45) is 18.5. The van der Waals surface area contributed by atoms with Gasteiger partial charge in [0.1, 0.15) is 0 Å². The number of rotatable bonds is 10. The maximum absolute atomic E-state index is 8.60. The van der Waals surface area contributed by atoms with Crippen molar-refractivity contribution in [3.63, 3.8) is 0 Å². The van der Waals surface area contributed by atoms with E-state index in [0.29, 0.717) is 6.61 Å². The quantitative estimate of drug-likeness (QED) is 0.422. The second-order valence-corrected chi connectivity index (χ2v) is 3.94. The molecule has 0 atom stereocenters. The van der Waals surface area contributed by atoms with Gasteiger partial charge in [0.15, 0.2) is 0 Å². The highest BCUT2D eigenvalue weighted by Gasteiger charge is 1.90. The molecule has 0 amide bonds. The van der Waals surface area contributed by atoms with E-state index < -0.39 is 0 Å². The summed E-state index contributed by atoms with van der Waals surface area (Å²) < 4.78 is 0. The van der Waals surface area contributed by atoms with E-state index in [2.05, 4.69) is 24.3 Å². The van der Waals surface area contributed by atoms with Gasteiger partial charge < -0.3 is 5.11 Å². The van der Waals surface area contributed by atoms with Crippen molar-refractivity contribution in [3.05, 3.63) is 24.3 Å². The van der Waals surface area contributed by atoms with Crippen LogP contribution in [0.15, 0.2) is 24.3 Å². The molecule has 1 nitrogen and oxygen atoms in total. The molecule has 88 valence electrons. The molecular weight excluding hydrogens is 184 g/mol. The number of hydrogen-bond donors (Lipinski definition) is 1. The van der Waals surface area contributed by atoms with E-state index in [1.807, 2.05) is 6.92 Å². The van der Waals surface area contributed by atoms with Gasteiger partial charge in [0.05, 0.1) is 0 Å². The second-order valence-electron chi connectivity index (χ2n) is 3.94. The fourth-order valence-electron chi connectivity index (χ4n) is 1.54. The molecule has 0 spiro atoms. The van der Waals surface area contributed by atoms with Gasteiger partial charge in [0, 0.05) is 6.61 Å². The van der Waals surface area contributed by atoms with Gasteiger partial charge in [0.25, 0.3) is 0 Å². The van der Waals surface area contributed by atoms with E-state index in [9.17, 15) is 0 Å². The molecule has 1 heteroatoms. The monoisotopic (exact) mass is 210 g/mol. The highest BCUT2D eigenvalue weighted by Crippen LogP contribution is 2.08. The SMILES string of the molecule is C/C=C\C=C/CCCCCCCCCO. The van der Waals surface area contributed by atoms with E-state index >= 15 is 0 Å². The van der Waals surface area contributed by atoms with E-state index in [1.54, 1.807) is 0 Å². The summed E-state index contributed by atoms with van der Waals surface area (Å²) in [6, 6.07) is 0. The number of aliphatic hydroxyl groups is 1. The largest absolute Gasteiger partial charge is 0.396 e. The lowest BCUT2D eigenvalue weighted by Crippen LogP contribution is -1.83. The third-order valence-corrected chi connectivity index (χ3v) is 2.47. The smallest absolute Gasteiger partial charge is 0.0431 e. The van der Waals surface area contributed by atoms with Crippen LogP contribution in [0.4, 0.5) is 0 Å². The first-order valence-corrected chi connectivity index (χ1v) is 6.30. The molecule has 0 aliphatic carbocycles. The van der Waals surface area contributed by atoms with Crippen LogP contribution in [0.1, 0.15) is 58.3 Å². The first kappa shape index (κ1) is 14.4. The Bertz CT molecular complexity index is 159. The molecule has 0 aromatic rings.